The van der Waals surface area contributed by atoms with E-state index >= 15 is 0 Å². The number of benzene rings is 2. The first-order valence-electron chi connectivity index (χ1n) is 8.56. The summed E-state index contributed by atoms with van der Waals surface area (Å²) in [6.07, 6.45) is 1.29. The quantitative estimate of drug-likeness (QED) is 0.412. The SMILES string of the molecule is CC(C)COc1ccc(C(=O)N/C(=C\c2cccc([N+](=O)[O-])c2)C(N)=O)cc1. The fraction of sp³-hybridized carbons (Fsp3) is 0.200. The van der Waals surface area contributed by atoms with Gasteiger partial charge in [0.25, 0.3) is 17.5 Å². The summed E-state index contributed by atoms with van der Waals surface area (Å²) < 4.78 is 5.56. The Kier molecular flexibility index (Phi) is 6.86. The highest BCUT2D eigenvalue weighted by Crippen LogP contribution is 2.16. The molecule has 2 aromatic rings. The molecule has 0 saturated heterocycles. The molecule has 0 atom stereocenters. The number of primary amides is 1. The van der Waals surface area contributed by atoms with Crippen molar-refractivity contribution in [1.29, 1.82) is 0 Å². The number of amides is 2. The zero-order valence-electron chi connectivity index (χ0n) is 15.5. The second kappa shape index (κ2) is 9.31. The molecule has 0 aliphatic rings. The molecule has 0 aliphatic carbocycles. The molecule has 0 aromatic heterocycles. The summed E-state index contributed by atoms with van der Waals surface area (Å²) >= 11 is 0. The maximum absolute atomic E-state index is 12.4. The van der Waals surface area contributed by atoms with Gasteiger partial charge in [-0.05, 0) is 41.8 Å². The maximum atomic E-state index is 12.4. The summed E-state index contributed by atoms with van der Waals surface area (Å²) in [5.74, 6) is -0.393. The second-order valence-corrected chi connectivity index (χ2v) is 6.46. The molecule has 2 amide bonds. The van der Waals surface area contributed by atoms with Gasteiger partial charge in [0.1, 0.15) is 11.4 Å². The van der Waals surface area contributed by atoms with E-state index in [0.717, 1.165) is 0 Å². The van der Waals surface area contributed by atoms with Crippen LogP contribution in [0.1, 0.15) is 29.8 Å². The van der Waals surface area contributed by atoms with E-state index in [1.165, 1.54) is 24.3 Å². The van der Waals surface area contributed by atoms with Crippen LogP contribution >= 0.6 is 0 Å². The molecule has 0 fully saturated rings. The number of ether oxygens (including phenoxy) is 1. The molecule has 146 valence electrons. The van der Waals surface area contributed by atoms with Crippen molar-refractivity contribution < 1.29 is 19.2 Å². The summed E-state index contributed by atoms with van der Waals surface area (Å²) in [6, 6.07) is 12.1. The van der Waals surface area contributed by atoms with Crippen LogP contribution in [-0.2, 0) is 4.79 Å². The highest BCUT2D eigenvalue weighted by Gasteiger charge is 2.13. The lowest BCUT2D eigenvalue weighted by Crippen LogP contribution is -2.31. The Bertz CT molecular complexity index is 904. The fourth-order valence-electron chi connectivity index (χ4n) is 2.22. The van der Waals surface area contributed by atoms with Crippen LogP contribution in [0, 0.1) is 16.0 Å². The smallest absolute Gasteiger partial charge is 0.270 e. The van der Waals surface area contributed by atoms with Gasteiger partial charge >= 0.3 is 0 Å². The van der Waals surface area contributed by atoms with Gasteiger partial charge in [0, 0.05) is 17.7 Å². The average molecular weight is 383 g/mol. The summed E-state index contributed by atoms with van der Waals surface area (Å²) in [4.78, 5) is 34.4. The van der Waals surface area contributed by atoms with Crippen LogP contribution in [0.4, 0.5) is 5.69 Å². The number of nitro groups is 1. The van der Waals surface area contributed by atoms with Crippen molar-refractivity contribution in [3.63, 3.8) is 0 Å². The molecule has 2 aromatic carbocycles. The molecule has 0 unspecified atom stereocenters. The molecule has 0 spiro atoms. The van der Waals surface area contributed by atoms with E-state index in [4.69, 9.17) is 10.5 Å². The van der Waals surface area contributed by atoms with Crippen molar-refractivity contribution in [3.05, 3.63) is 75.5 Å². The van der Waals surface area contributed by atoms with Gasteiger partial charge in [-0.3, -0.25) is 19.7 Å². The van der Waals surface area contributed by atoms with Crippen molar-refractivity contribution in [2.24, 2.45) is 11.7 Å². The van der Waals surface area contributed by atoms with E-state index in [1.807, 2.05) is 13.8 Å². The summed E-state index contributed by atoms with van der Waals surface area (Å²) in [6.45, 7) is 4.62. The lowest BCUT2D eigenvalue weighted by atomic mass is 10.1. The van der Waals surface area contributed by atoms with E-state index in [-0.39, 0.29) is 11.4 Å². The molecule has 0 aliphatic heterocycles. The molecule has 28 heavy (non-hydrogen) atoms. The molecular weight excluding hydrogens is 362 g/mol. The Balaban J connectivity index is 2.15. The Labute approximate surface area is 162 Å². The number of nitro benzene ring substituents is 1. The number of nitrogens with one attached hydrogen (secondary N) is 1. The van der Waals surface area contributed by atoms with Crippen molar-refractivity contribution in [2.45, 2.75) is 13.8 Å². The van der Waals surface area contributed by atoms with Crippen LogP contribution < -0.4 is 15.8 Å². The first-order valence-corrected chi connectivity index (χ1v) is 8.56. The molecule has 3 N–H and O–H groups in total. The standard InChI is InChI=1S/C20H21N3O5/c1-13(2)12-28-17-8-6-15(7-9-17)20(25)22-18(19(21)24)11-14-4-3-5-16(10-14)23(26)27/h3-11,13H,12H2,1-2H3,(H2,21,24)(H,22,25)/b18-11-. The third kappa shape index (κ3) is 5.94. The highest BCUT2D eigenvalue weighted by atomic mass is 16.6. The number of carbonyl (C=O) groups is 2. The van der Waals surface area contributed by atoms with E-state index in [9.17, 15) is 19.7 Å². The van der Waals surface area contributed by atoms with Crippen LogP contribution in [0.5, 0.6) is 5.75 Å². The molecule has 0 bridgehead atoms. The monoisotopic (exact) mass is 383 g/mol. The molecule has 0 heterocycles. The number of hydrogen-bond donors (Lipinski definition) is 2. The zero-order chi connectivity index (χ0) is 20.7. The van der Waals surface area contributed by atoms with Crippen molar-refractivity contribution in [1.82, 2.24) is 5.32 Å². The van der Waals surface area contributed by atoms with Crippen LogP contribution in [-0.4, -0.2) is 23.3 Å². The minimum atomic E-state index is -0.864. The lowest BCUT2D eigenvalue weighted by molar-refractivity contribution is -0.384. The minimum absolute atomic E-state index is 0.138. The predicted molar refractivity (Wildman–Crippen MR) is 105 cm³/mol. The van der Waals surface area contributed by atoms with Gasteiger partial charge in [-0.2, -0.15) is 0 Å². The van der Waals surface area contributed by atoms with E-state index in [0.29, 0.717) is 29.4 Å². The number of rotatable bonds is 8. The number of nitrogens with zero attached hydrogens (tertiary/aromatic N) is 1. The number of nitrogens with two attached hydrogens (primary N) is 1. The minimum Gasteiger partial charge on any atom is -0.493 e. The summed E-state index contributed by atoms with van der Waals surface area (Å²) in [5.41, 5.74) is 5.68. The predicted octanol–water partition coefficient (Wildman–Crippen LogP) is 2.89. The maximum Gasteiger partial charge on any atom is 0.270 e. The lowest BCUT2D eigenvalue weighted by Gasteiger charge is -2.10. The molecular formula is C20H21N3O5. The third-order valence-electron chi connectivity index (χ3n) is 3.61. The summed E-state index contributed by atoms with van der Waals surface area (Å²) in [5, 5.41) is 13.3. The van der Waals surface area contributed by atoms with Crippen LogP contribution in [0.2, 0.25) is 0 Å². The Hall–Kier alpha value is -3.68. The van der Waals surface area contributed by atoms with Gasteiger partial charge < -0.3 is 15.8 Å². The van der Waals surface area contributed by atoms with Crippen LogP contribution in [0.3, 0.4) is 0 Å². The Morgan fingerprint density at radius 2 is 1.89 bits per heavy atom. The van der Waals surface area contributed by atoms with Crippen molar-refractivity contribution in [3.8, 4) is 5.75 Å². The average Bonchev–Trinajstić information content (AvgIpc) is 2.66. The number of non-ortho nitro benzene ring substituents is 1. The van der Waals surface area contributed by atoms with E-state index in [1.54, 1.807) is 30.3 Å². The molecule has 8 nitrogen and oxygen atoms in total. The van der Waals surface area contributed by atoms with Gasteiger partial charge in [0.2, 0.25) is 0 Å². The largest absolute Gasteiger partial charge is 0.493 e. The van der Waals surface area contributed by atoms with E-state index < -0.39 is 16.7 Å². The van der Waals surface area contributed by atoms with Crippen molar-refractivity contribution in [2.75, 3.05) is 6.61 Å². The van der Waals surface area contributed by atoms with E-state index in [2.05, 4.69) is 5.32 Å². The first-order chi connectivity index (χ1) is 13.3. The molecule has 0 saturated carbocycles. The fourth-order valence-corrected chi connectivity index (χ4v) is 2.22. The molecule has 8 heteroatoms. The normalized spacial score (nSPS) is 11.2. The van der Waals surface area contributed by atoms with Crippen LogP contribution in [0.25, 0.3) is 6.08 Å². The highest BCUT2D eigenvalue weighted by molar-refractivity contribution is 6.04. The molecule has 2 rings (SSSR count). The topological polar surface area (TPSA) is 125 Å². The number of hydrogen-bond acceptors (Lipinski definition) is 5. The Morgan fingerprint density at radius 3 is 2.46 bits per heavy atom. The second-order valence-electron chi connectivity index (χ2n) is 6.46. The number of carbonyl (C=O) groups excluding carboxylic acids is 2. The van der Waals surface area contributed by atoms with Gasteiger partial charge in [0.15, 0.2) is 0 Å². The van der Waals surface area contributed by atoms with Gasteiger partial charge in [-0.1, -0.05) is 26.0 Å². The van der Waals surface area contributed by atoms with Gasteiger partial charge in [-0.15, -0.1) is 0 Å². The summed E-state index contributed by atoms with van der Waals surface area (Å²) in [7, 11) is 0. The molecule has 0 radical (unpaired) electrons. The Morgan fingerprint density at radius 1 is 1.21 bits per heavy atom. The van der Waals surface area contributed by atoms with Crippen LogP contribution in [0.15, 0.2) is 54.2 Å². The van der Waals surface area contributed by atoms with Crippen molar-refractivity contribution >= 4 is 23.6 Å². The van der Waals surface area contributed by atoms with Gasteiger partial charge in [0.05, 0.1) is 11.5 Å². The first kappa shape index (κ1) is 20.6. The third-order valence-corrected chi connectivity index (χ3v) is 3.61. The zero-order valence-corrected chi connectivity index (χ0v) is 15.5. The van der Waals surface area contributed by atoms with Gasteiger partial charge in [-0.25, -0.2) is 0 Å².